The smallest absolute Gasteiger partial charge is 0.302 e. The lowest BCUT2D eigenvalue weighted by atomic mass is 10.1. The molecule has 2 heteroatoms. The van der Waals surface area contributed by atoms with Gasteiger partial charge in [0.1, 0.15) is 0 Å². The van der Waals surface area contributed by atoms with Gasteiger partial charge in [-0.3, -0.25) is 4.79 Å². The van der Waals surface area contributed by atoms with Crippen LogP contribution in [0.1, 0.15) is 91.9 Å². The Labute approximate surface area is 114 Å². The van der Waals surface area contributed by atoms with Crippen molar-refractivity contribution in [1.29, 1.82) is 0 Å². The van der Waals surface area contributed by atoms with Crippen LogP contribution >= 0.6 is 0 Å². The van der Waals surface area contributed by atoms with Gasteiger partial charge in [0.25, 0.3) is 0 Å². The van der Waals surface area contributed by atoms with E-state index < -0.39 is 0 Å². The first kappa shape index (κ1) is 19.8. The molecule has 0 spiro atoms. The predicted octanol–water partition coefficient (Wildman–Crippen LogP) is 5.50. The number of unbranched alkanes of at least 4 members (excludes halogenated alkanes) is 8. The highest BCUT2D eigenvalue weighted by molar-refractivity contribution is 5.65. The Kier molecular flexibility index (Phi) is 20.7. The van der Waals surface area contributed by atoms with Gasteiger partial charge < -0.3 is 4.74 Å². The Morgan fingerprint density at radius 3 is 1.44 bits per heavy atom. The maximum Gasteiger partial charge on any atom is 0.302 e. The second-order valence-corrected chi connectivity index (χ2v) is 4.81. The lowest BCUT2D eigenvalue weighted by molar-refractivity contribution is -0.141. The third-order valence-electron chi connectivity index (χ3n) is 2.76. The van der Waals surface area contributed by atoms with E-state index in [-0.39, 0.29) is 5.97 Å². The molecule has 0 saturated carbocycles. The van der Waals surface area contributed by atoms with Crippen LogP contribution in [0.4, 0.5) is 0 Å². The van der Waals surface area contributed by atoms with Crippen LogP contribution in [-0.4, -0.2) is 12.6 Å². The number of hydrogen-bond donors (Lipinski definition) is 0. The van der Waals surface area contributed by atoms with Crippen molar-refractivity contribution in [2.45, 2.75) is 91.9 Å². The van der Waals surface area contributed by atoms with Crippen molar-refractivity contribution in [3.8, 4) is 0 Å². The average molecular weight is 258 g/mol. The molecule has 0 aliphatic heterocycles. The van der Waals surface area contributed by atoms with Crippen molar-refractivity contribution >= 4 is 5.97 Å². The minimum Gasteiger partial charge on any atom is -0.466 e. The van der Waals surface area contributed by atoms with E-state index >= 15 is 0 Å². The molecule has 0 aromatic rings. The molecular weight excluding hydrogens is 224 g/mol. The standard InChI is InChI=1S/C10H22.C6H12O2/c1-3-5-7-9-10-8-6-4-2;1-3-4-5-8-6(2)7/h3-10H2,1-2H3;3-5H2,1-2H3. The Balaban J connectivity index is 0. The fourth-order valence-electron chi connectivity index (χ4n) is 1.57. The van der Waals surface area contributed by atoms with Crippen molar-refractivity contribution in [3.05, 3.63) is 0 Å². The molecule has 0 fully saturated rings. The van der Waals surface area contributed by atoms with Crippen LogP contribution in [0.3, 0.4) is 0 Å². The summed E-state index contributed by atoms with van der Waals surface area (Å²) in [6, 6.07) is 0. The molecule has 0 aliphatic rings. The predicted molar refractivity (Wildman–Crippen MR) is 79.8 cm³/mol. The second-order valence-electron chi connectivity index (χ2n) is 4.81. The van der Waals surface area contributed by atoms with Gasteiger partial charge in [-0.15, -0.1) is 0 Å². The average Bonchev–Trinajstić information content (AvgIpc) is 2.34. The first-order valence-corrected chi connectivity index (χ1v) is 7.82. The highest BCUT2D eigenvalue weighted by Gasteiger charge is 1.88. The van der Waals surface area contributed by atoms with Gasteiger partial charge in [0, 0.05) is 6.92 Å². The summed E-state index contributed by atoms with van der Waals surface area (Å²) in [6.07, 6.45) is 13.5. The Hall–Kier alpha value is -0.530. The zero-order valence-electron chi connectivity index (χ0n) is 13.1. The van der Waals surface area contributed by atoms with Gasteiger partial charge >= 0.3 is 5.97 Å². The minimum atomic E-state index is -0.182. The topological polar surface area (TPSA) is 26.3 Å². The maximum atomic E-state index is 10.1. The fourth-order valence-corrected chi connectivity index (χ4v) is 1.57. The van der Waals surface area contributed by atoms with Gasteiger partial charge in [-0.25, -0.2) is 0 Å². The third-order valence-corrected chi connectivity index (χ3v) is 2.76. The summed E-state index contributed by atoms with van der Waals surface area (Å²) >= 11 is 0. The zero-order chi connectivity index (χ0) is 14.1. The molecule has 18 heavy (non-hydrogen) atoms. The van der Waals surface area contributed by atoms with Crippen molar-refractivity contribution in [2.75, 3.05) is 6.61 Å². The van der Waals surface area contributed by atoms with Gasteiger partial charge in [-0.05, 0) is 6.42 Å². The zero-order valence-corrected chi connectivity index (χ0v) is 13.1. The Morgan fingerprint density at radius 2 is 1.11 bits per heavy atom. The third kappa shape index (κ3) is 24.6. The summed E-state index contributed by atoms with van der Waals surface area (Å²) in [5.41, 5.74) is 0. The normalized spacial score (nSPS) is 9.56. The van der Waals surface area contributed by atoms with E-state index in [1.54, 1.807) is 0 Å². The number of ether oxygens (including phenoxy) is 1. The van der Waals surface area contributed by atoms with Crippen molar-refractivity contribution in [3.63, 3.8) is 0 Å². The number of hydrogen-bond acceptors (Lipinski definition) is 2. The molecule has 0 heterocycles. The number of esters is 1. The lowest BCUT2D eigenvalue weighted by Gasteiger charge is -1.97. The van der Waals surface area contributed by atoms with E-state index in [9.17, 15) is 4.79 Å². The maximum absolute atomic E-state index is 10.1. The molecule has 0 saturated heterocycles. The fraction of sp³-hybridized carbons (Fsp3) is 0.938. The summed E-state index contributed by atoms with van der Waals surface area (Å²) in [5.74, 6) is -0.182. The van der Waals surface area contributed by atoms with Crippen LogP contribution < -0.4 is 0 Å². The van der Waals surface area contributed by atoms with E-state index in [1.807, 2.05) is 0 Å². The van der Waals surface area contributed by atoms with Crippen LogP contribution in [0.2, 0.25) is 0 Å². The summed E-state index contributed by atoms with van der Waals surface area (Å²) in [7, 11) is 0. The van der Waals surface area contributed by atoms with Gasteiger partial charge in [0.2, 0.25) is 0 Å². The number of rotatable bonds is 10. The van der Waals surface area contributed by atoms with E-state index in [1.165, 1.54) is 58.3 Å². The molecular formula is C16H34O2. The molecule has 0 aromatic carbocycles. The summed E-state index contributed by atoms with van der Waals surface area (Å²) in [5, 5.41) is 0. The number of carbonyl (C=O) groups is 1. The van der Waals surface area contributed by atoms with Crippen molar-refractivity contribution in [1.82, 2.24) is 0 Å². The molecule has 0 rings (SSSR count). The van der Waals surface area contributed by atoms with E-state index in [4.69, 9.17) is 0 Å². The van der Waals surface area contributed by atoms with Crippen LogP contribution in [-0.2, 0) is 9.53 Å². The summed E-state index contributed by atoms with van der Waals surface area (Å²) in [4.78, 5) is 10.1. The van der Waals surface area contributed by atoms with Gasteiger partial charge in [0.15, 0.2) is 0 Å². The summed E-state index contributed by atoms with van der Waals surface area (Å²) < 4.78 is 4.64. The van der Waals surface area contributed by atoms with Crippen LogP contribution in [0.5, 0.6) is 0 Å². The highest BCUT2D eigenvalue weighted by atomic mass is 16.5. The lowest BCUT2D eigenvalue weighted by Crippen LogP contribution is -1.99. The van der Waals surface area contributed by atoms with Crippen molar-refractivity contribution < 1.29 is 9.53 Å². The van der Waals surface area contributed by atoms with Crippen LogP contribution in [0, 0.1) is 0 Å². The molecule has 0 radical (unpaired) electrons. The Bertz CT molecular complexity index is 147. The largest absolute Gasteiger partial charge is 0.466 e. The molecule has 2 nitrogen and oxygen atoms in total. The molecule has 0 bridgehead atoms. The second kappa shape index (κ2) is 18.8. The molecule has 110 valence electrons. The molecule has 0 aliphatic carbocycles. The number of carbonyl (C=O) groups excluding carboxylic acids is 1. The molecule has 0 N–H and O–H groups in total. The van der Waals surface area contributed by atoms with E-state index in [2.05, 4.69) is 25.5 Å². The van der Waals surface area contributed by atoms with E-state index in [0.717, 1.165) is 12.8 Å². The highest BCUT2D eigenvalue weighted by Crippen LogP contribution is 2.07. The first-order chi connectivity index (χ1) is 8.68. The molecule has 0 aromatic heterocycles. The van der Waals surface area contributed by atoms with Gasteiger partial charge in [-0.2, -0.15) is 0 Å². The first-order valence-electron chi connectivity index (χ1n) is 7.82. The van der Waals surface area contributed by atoms with Gasteiger partial charge in [-0.1, -0.05) is 78.6 Å². The van der Waals surface area contributed by atoms with Crippen molar-refractivity contribution in [2.24, 2.45) is 0 Å². The quantitative estimate of drug-likeness (QED) is 0.382. The molecule has 0 atom stereocenters. The van der Waals surface area contributed by atoms with Gasteiger partial charge in [0.05, 0.1) is 6.61 Å². The SMILES string of the molecule is CCCCCCCCCC.CCCCOC(C)=O. The summed E-state index contributed by atoms with van der Waals surface area (Å²) in [6.45, 7) is 8.60. The van der Waals surface area contributed by atoms with Crippen LogP contribution in [0.15, 0.2) is 0 Å². The monoisotopic (exact) mass is 258 g/mol. The minimum absolute atomic E-state index is 0.182. The van der Waals surface area contributed by atoms with E-state index in [0.29, 0.717) is 6.61 Å². The molecule has 0 amide bonds. The van der Waals surface area contributed by atoms with Crippen LogP contribution in [0.25, 0.3) is 0 Å². The Morgan fingerprint density at radius 1 is 0.722 bits per heavy atom. The molecule has 0 unspecified atom stereocenters.